The highest BCUT2D eigenvalue weighted by Crippen LogP contribution is 2.30. The molecular formula is C16H19NO2. The van der Waals surface area contributed by atoms with Gasteiger partial charge in [-0.05, 0) is 44.2 Å². The molecule has 0 radical (unpaired) electrons. The van der Waals surface area contributed by atoms with Gasteiger partial charge in [0, 0.05) is 11.3 Å². The number of aromatic hydroxyl groups is 1. The van der Waals surface area contributed by atoms with E-state index in [1.165, 1.54) is 5.56 Å². The number of phenols is 1. The minimum absolute atomic E-state index is 0.00203. The third-order valence-electron chi connectivity index (χ3n) is 3.14. The molecule has 2 aromatic carbocycles. The lowest BCUT2D eigenvalue weighted by molar-refractivity contribution is 0.410. The highest BCUT2D eigenvalue weighted by atomic mass is 16.5. The molecular weight excluding hydrogens is 238 g/mol. The summed E-state index contributed by atoms with van der Waals surface area (Å²) in [7, 11) is 1.62. The molecule has 0 aliphatic carbocycles. The molecule has 1 atom stereocenters. The van der Waals surface area contributed by atoms with Gasteiger partial charge in [-0.2, -0.15) is 0 Å². The summed E-state index contributed by atoms with van der Waals surface area (Å²) in [6.45, 7) is 4.06. The first-order valence-electron chi connectivity index (χ1n) is 6.30. The quantitative estimate of drug-likeness (QED) is 0.873. The zero-order valence-electron chi connectivity index (χ0n) is 11.5. The monoisotopic (exact) mass is 257 g/mol. The SMILES string of the molecule is COc1ccc(O)c(C(C)Nc2ccc(C)cc2)c1. The van der Waals surface area contributed by atoms with Crippen LogP contribution >= 0.6 is 0 Å². The Morgan fingerprint density at radius 2 is 1.79 bits per heavy atom. The number of anilines is 1. The normalized spacial score (nSPS) is 11.9. The number of ether oxygens (including phenoxy) is 1. The first-order valence-corrected chi connectivity index (χ1v) is 6.30. The Morgan fingerprint density at radius 1 is 1.11 bits per heavy atom. The summed E-state index contributed by atoms with van der Waals surface area (Å²) in [5, 5.41) is 13.3. The number of hydrogen-bond acceptors (Lipinski definition) is 3. The predicted molar refractivity (Wildman–Crippen MR) is 77.9 cm³/mol. The molecule has 0 aliphatic rings. The lowest BCUT2D eigenvalue weighted by Gasteiger charge is -2.17. The van der Waals surface area contributed by atoms with Gasteiger partial charge in [0.25, 0.3) is 0 Å². The molecule has 19 heavy (non-hydrogen) atoms. The van der Waals surface area contributed by atoms with E-state index in [4.69, 9.17) is 4.74 Å². The summed E-state index contributed by atoms with van der Waals surface area (Å²) >= 11 is 0. The van der Waals surface area contributed by atoms with Crippen LogP contribution in [0.2, 0.25) is 0 Å². The molecule has 100 valence electrons. The van der Waals surface area contributed by atoms with E-state index < -0.39 is 0 Å². The first-order chi connectivity index (χ1) is 9.10. The van der Waals surface area contributed by atoms with Crippen LogP contribution in [0.5, 0.6) is 11.5 Å². The zero-order valence-corrected chi connectivity index (χ0v) is 11.5. The van der Waals surface area contributed by atoms with Crippen LogP contribution in [0.15, 0.2) is 42.5 Å². The summed E-state index contributed by atoms with van der Waals surface area (Å²) in [4.78, 5) is 0. The number of hydrogen-bond donors (Lipinski definition) is 2. The van der Waals surface area contributed by atoms with Crippen molar-refractivity contribution in [1.82, 2.24) is 0 Å². The Kier molecular flexibility index (Phi) is 3.95. The molecule has 0 saturated heterocycles. The zero-order chi connectivity index (χ0) is 13.8. The van der Waals surface area contributed by atoms with E-state index in [1.807, 2.05) is 25.1 Å². The van der Waals surface area contributed by atoms with Crippen LogP contribution in [0.1, 0.15) is 24.1 Å². The van der Waals surface area contributed by atoms with Crippen LogP contribution in [-0.4, -0.2) is 12.2 Å². The summed E-state index contributed by atoms with van der Waals surface area (Å²) in [5.74, 6) is 1.01. The molecule has 0 saturated carbocycles. The highest BCUT2D eigenvalue weighted by molar-refractivity contribution is 5.49. The molecule has 3 nitrogen and oxygen atoms in total. The first kappa shape index (κ1) is 13.3. The minimum Gasteiger partial charge on any atom is -0.508 e. The van der Waals surface area contributed by atoms with Crippen molar-refractivity contribution in [3.63, 3.8) is 0 Å². The Morgan fingerprint density at radius 3 is 2.42 bits per heavy atom. The molecule has 2 N–H and O–H groups in total. The Bertz CT molecular complexity index is 549. The van der Waals surface area contributed by atoms with Crippen molar-refractivity contribution in [1.29, 1.82) is 0 Å². The second kappa shape index (κ2) is 5.65. The van der Waals surface area contributed by atoms with E-state index >= 15 is 0 Å². The van der Waals surface area contributed by atoms with E-state index in [0.717, 1.165) is 17.0 Å². The molecule has 0 heterocycles. The van der Waals surface area contributed by atoms with E-state index in [0.29, 0.717) is 0 Å². The lowest BCUT2D eigenvalue weighted by atomic mass is 10.1. The number of nitrogens with one attached hydrogen (secondary N) is 1. The smallest absolute Gasteiger partial charge is 0.121 e. The van der Waals surface area contributed by atoms with Gasteiger partial charge in [0.2, 0.25) is 0 Å². The van der Waals surface area contributed by atoms with Crippen molar-refractivity contribution < 1.29 is 9.84 Å². The van der Waals surface area contributed by atoms with Gasteiger partial charge in [0.05, 0.1) is 13.2 Å². The highest BCUT2D eigenvalue weighted by Gasteiger charge is 2.11. The van der Waals surface area contributed by atoms with E-state index in [-0.39, 0.29) is 11.8 Å². The summed E-state index contributed by atoms with van der Waals surface area (Å²) < 4.78 is 5.19. The van der Waals surface area contributed by atoms with Crippen LogP contribution in [0.25, 0.3) is 0 Å². The molecule has 0 aliphatic heterocycles. The summed E-state index contributed by atoms with van der Waals surface area (Å²) in [5.41, 5.74) is 3.07. The average Bonchev–Trinajstić information content (AvgIpc) is 2.42. The fourth-order valence-electron chi connectivity index (χ4n) is 1.98. The third kappa shape index (κ3) is 3.19. The average molecular weight is 257 g/mol. The van der Waals surface area contributed by atoms with Gasteiger partial charge >= 0.3 is 0 Å². The number of benzene rings is 2. The molecule has 3 heteroatoms. The summed E-state index contributed by atoms with van der Waals surface area (Å²) in [6, 6.07) is 13.4. The van der Waals surface area contributed by atoms with Gasteiger partial charge in [0.15, 0.2) is 0 Å². The van der Waals surface area contributed by atoms with Gasteiger partial charge in [-0.3, -0.25) is 0 Å². The van der Waals surface area contributed by atoms with Gasteiger partial charge in [-0.15, -0.1) is 0 Å². The topological polar surface area (TPSA) is 41.5 Å². The lowest BCUT2D eigenvalue weighted by Crippen LogP contribution is -2.07. The number of rotatable bonds is 4. The van der Waals surface area contributed by atoms with Crippen molar-refractivity contribution in [2.75, 3.05) is 12.4 Å². The fraction of sp³-hybridized carbons (Fsp3) is 0.250. The van der Waals surface area contributed by atoms with Crippen LogP contribution < -0.4 is 10.1 Å². The fourth-order valence-corrected chi connectivity index (χ4v) is 1.98. The standard InChI is InChI=1S/C16H19NO2/c1-11-4-6-13(7-5-11)17-12(2)15-10-14(19-3)8-9-16(15)18/h4-10,12,17-18H,1-3H3. The molecule has 2 rings (SSSR count). The Hall–Kier alpha value is -2.16. The molecule has 0 spiro atoms. The number of methoxy groups -OCH3 is 1. The molecule has 0 aromatic heterocycles. The Labute approximate surface area is 113 Å². The maximum atomic E-state index is 9.93. The third-order valence-corrected chi connectivity index (χ3v) is 3.14. The molecule has 2 aromatic rings. The van der Waals surface area contributed by atoms with Crippen LogP contribution in [-0.2, 0) is 0 Å². The maximum Gasteiger partial charge on any atom is 0.121 e. The van der Waals surface area contributed by atoms with Crippen LogP contribution in [0, 0.1) is 6.92 Å². The van der Waals surface area contributed by atoms with Crippen LogP contribution in [0.4, 0.5) is 5.69 Å². The van der Waals surface area contributed by atoms with Crippen molar-refractivity contribution in [3.8, 4) is 11.5 Å². The second-order valence-electron chi connectivity index (χ2n) is 4.66. The summed E-state index contributed by atoms with van der Waals surface area (Å²) in [6.07, 6.45) is 0. The van der Waals surface area contributed by atoms with Gasteiger partial charge in [-0.25, -0.2) is 0 Å². The number of aryl methyl sites for hydroxylation is 1. The largest absolute Gasteiger partial charge is 0.508 e. The van der Waals surface area contributed by atoms with Crippen molar-refractivity contribution in [3.05, 3.63) is 53.6 Å². The second-order valence-corrected chi connectivity index (χ2v) is 4.66. The number of phenolic OH excluding ortho intramolecular Hbond substituents is 1. The molecule has 1 unspecified atom stereocenters. The molecule has 0 fully saturated rings. The van der Waals surface area contributed by atoms with Crippen molar-refractivity contribution >= 4 is 5.69 Å². The van der Waals surface area contributed by atoms with Gasteiger partial charge < -0.3 is 15.2 Å². The predicted octanol–water partition coefficient (Wildman–Crippen LogP) is 3.88. The van der Waals surface area contributed by atoms with E-state index in [9.17, 15) is 5.11 Å². The Balaban J connectivity index is 2.19. The van der Waals surface area contributed by atoms with Crippen LogP contribution in [0.3, 0.4) is 0 Å². The van der Waals surface area contributed by atoms with E-state index in [1.54, 1.807) is 19.2 Å². The molecule has 0 amide bonds. The van der Waals surface area contributed by atoms with E-state index in [2.05, 4.69) is 24.4 Å². The van der Waals surface area contributed by atoms with Gasteiger partial charge in [-0.1, -0.05) is 17.7 Å². The molecule has 0 bridgehead atoms. The van der Waals surface area contributed by atoms with Crippen molar-refractivity contribution in [2.45, 2.75) is 19.9 Å². The van der Waals surface area contributed by atoms with Crippen molar-refractivity contribution in [2.24, 2.45) is 0 Å². The van der Waals surface area contributed by atoms with Gasteiger partial charge in [0.1, 0.15) is 11.5 Å². The maximum absolute atomic E-state index is 9.93. The minimum atomic E-state index is -0.00203.